The number of nitrogens with zero attached hydrogens (tertiary/aromatic N) is 1. The van der Waals surface area contributed by atoms with Crippen LogP contribution in [0.4, 0.5) is 5.69 Å². The van der Waals surface area contributed by atoms with Crippen molar-refractivity contribution in [3.8, 4) is 5.75 Å². The van der Waals surface area contributed by atoms with E-state index in [9.17, 15) is 4.79 Å². The van der Waals surface area contributed by atoms with E-state index in [2.05, 4.69) is 11.4 Å². The standard InChI is InChI=1S/C19H24N2O2/c1-14-9-15(2)11-18(10-14)23-13-19(22)20-12-16-5-7-17(8-6-16)21(3)4/h5-11H,12-13H2,1-4H3,(H,20,22). The number of carbonyl (C=O) groups is 1. The van der Waals surface area contributed by atoms with Gasteiger partial charge in [-0.2, -0.15) is 0 Å². The van der Waals surface area contributed by atoms with Gasteiger partial charge in [-0.05, 0) is 54.8 Å². The van der Waals surface area contributed by atoms with Crippen LogP contribution in [0.15, 0.2) is 42.5 Å². The molecule has 0 fully saturated rings. The van der Waals surface area contributed by atoms with Gasteiger partial charge in [-0.15, -0.1) is 0 Å². The van der Waals surface area contributed by atoms with E-state index in [-0.39, 0.29) is 12.5 Å². The maximum absolute atomic E-state index is 11.9. The van der Waals surface area contributed by atoms with E-state index < -0.39 is 0 Å². The Morgan fingerprint density at radius 1 is 1.04 bits per heavy atom. The summed E-state index contributed by atoms with van der Waals surface area (Å²) in [5.74, 6) is 0.605. The van der Waals surface area contributed by atoms with Gasteiger partial charge < -0.3 is 15.0 Å². The molecular weight excluding hydrogens is 288 g/mol. The van der Waals surface area contributed by atoms with E-state index in [0.717, 1.165) is 28.1 Å². The van der Waals surface area contributed by atoms with Crippen molar-refractivity contribution in [3.63, 3.8) is 0 Å². The number of rotatable bonds is 6. The fourth-order valence-corrected chi connectivity index (χ4v) is 2.33. The summed E-state index contributed by atoms with van der Waals surface area (Å²) in [6.07, 6.45) is 0. The minimum Gasteiger partial charge on any atom is -0.484 e. The Morgan fingerprint density at radius 2 is 1.65 bits per heavy atom. The summed E-state index contributed by atoms with van der Waals surface area (Å²) < 4.78 is 5.55. The maximum Gasteiger partial charge on any atom is 0.258 e. The molecule has 0 saturated carbocycles. The Morgan fingerprint density at radius 3 is 2.22 bits per heavy atom. The van der Waals surface area contributed by atoms with E-state index >= 15 is 0 Å². The lowest BCUT2D eigenvalue weighted by atomic mass is 10.1. The quantitative estimate of drug-likeness (QED) is 0.891. The molecule has 0 heterocycles. The molecule has 1 amide bonds. The molecule has 0 atom stereocenters. The van der Waals surface area contributed by atoms with Crippen molar-refractivity contribution in [2.75, 3.05) is 25.6 Å². The molecule has 0 aliphatic rings. The van der Waals surface area contributed by atoms with Crippen molar-refractivity contribution >= 4 is 11.6 Å². The first-order chi connectivity index (χ1) is 10.9. The first-order valence-corrected chi connectivity index (χ1v) is 7.68. The Balaban J connectivity index is 1.80. The van der Waals surface area contributed by atoms with Crippen LogP contribution >= 0.6 is 0 Å². The van der Waals surface area contributed by atoms with E-state index in [1.807, 2.05) is 69.2 Å². The maximum atomic E-state index is 11.9. The number of hydrogen-bond donors (Lipinski definition) is 1. The number of hydrogen-bond acceptors (Lipinski definition) is 3. The highest BCUT2D eigenvalue weighted by Gasteiger charge is 2.04. The van der Waals surface area contributed by atoms with Gasteiger partial charge in [-0.1, -0.05) is 18.2 Å². The zero-order chi connectivity index (χ0) is 16.8. The number of benzene rings is 2. The first-order valence-electron chi connectivity index (χ1n) is 7.68. The van der Waals surface area contributed by atoms with Crippen LogP contribution in [0.3, 0.4) is 0 Å². The van der Waals surface area contributed by atoms with Gasteiger partial charge in [0.15, 0.2) is 6.61 Å². The second-order valence-electron chi connectivity index (χ2n) is 5.95. The van der Waals surface area contributed by atoms with Crippen LogP contribution in [0.2, 0.25) is 0 Å². The normalized spacial score (nSPS) is 10.3. The number of ether oxygens (including phenoxy) is 1. The van der Waals surface area contributed by atoms with Crippen LogP contribution in [0.25, 0.3) is 0 Å². The Hall–Kier alpha value is -2.49. The average molecular weight is 312 g/mol. The van der Waals surface area contributed by atoms with Crippen LogP contribution in [0.5, 0.6) is 5.75 Å². The second kappa shape index (κ2) is 7.68. The molecule has 2 aromatic carbocycles. The largest absolute Gasteiger partial charge is 0.484 e. The summed E-state index contributed by atoms with van der Waals surface area (Å²) in [4.78, 5) is 13.9. The minimum atomic E-state index is -0.124. The molecule has 1 N–H and O–H groups in total. The molecule has 2 rings (SSSR count). The molecule has 0 spiro atoms. The van der Waals surface area contributed by atoms with Gasteiger partial charge in [-0.3, -0.25) is 4.79 Å². The third-order valence-corrected chi connectivity index (χ3v) is 3.51. The fourth-order valence-electron chi connectivity index (χ4n) is 2.33. The van der Waals surface area contributed by atoms with Crippen molar-refractivity contribution in [1.82, 2.24) is 5.32 Å². The molecule has 0 aliphatic carbocycles. The highest BCUT2D eigenvalue weighted by Crippen LogP contribution is 2.16. The summed E-state index contributed by atoms with van der Waals surface area (Å²) in [6, 6.07) is 14.0. The third-order valence-electron chi connectivity index (χ3n) is 3.51. The van der Waals surface area contributed by atoms with Crippen LogP contribution in [-0.4, -0.2) is 26.6 Å². The van der Waals surface area contributed by atoms with Crippen molar-refractivity contribution in [2.45, 2.75) is 20.4 Å². The number of carbonyl (C=O) groups excluding carboxylic acids is 1. The first kappa shape index (κ1) is 16.9. The van der Waals surface area contributed by atoms with Gasteiger partial charge in [-0.25, -0.2) is 0 Å². The van der Waals surface area contributed by atoms with Crippen LogP contribution < -0.4 is 15.0 Å². The van der Waals surface area contributed by atoms with E-state index in [1.54, 1.807) is 0 Å². The lowest BCUT2D eigenvalue weighted by molar-refractivity contribution is -0.123. The van der Waals surface area contributed by atoms with Gasteiger partial charge in [0.1, 0.15) is 5.75 Å². The van der Waals surface area contributed by atoms with Gasteiger partial charge in [0.2, 0.25) is 0 Å². The monoisotopic (exact) mass is 312 g/mol. The highest BCUT2D eigenvalue weighted by molar-refractivity contribution is 5.77. The predicted octanol–water partition coefficient (Wildman–Crippen LogP) is 3.06. The second-order valence-corrected chi connectivity index (χ2v) is 5.95. The van der Waals surface area contributed by atoms with Crippen LogP contribution in [0, 0.1) is 13.8 Å². The molecule has 0 radical (unpaired) electrons. The molecule has 122 valence electrons. The topological polar surface area (TPSA) is 41.6 Å². The zero-order valence-electron chi connectivity index (χ0n) is 14.2. The minimum absolute atomic E-state index is 0.0265. The van der Waals surface area contributed by atoms with Gasteiger partial charge in [0.25, 0.3) is 5.91 Å². The number of anilines is 1. The van der Waals surface area contributed by atoms with Crippen molar-refractivity contribution in [3.05, 3.63) is 59.2 Å². The molecule has 0 bridgehead atoms. The zero-order valence-corrected chi connectivity index (χ0v) is 14.2. The van der Waals surface area contributed by atoms with E-state index in [0.29, 0.717) is 6.54 Å². The Bertz CT molecular complexity index is 643. The SMILES string of the molecule is Cc1cc(C)cc(OCC(=O)NCc2ccc(N(C)C)cc2)c1. The van der Waals surface area contributed by atoms with E-state index in [4.69, 9.17) is 4.74 Å². The number of aryl methyl sites for hydroxylation is 2. The summed E-state index contributed by atoms with van der Waals surface area (Å²) in [7, 11) is 4.00. The van der Waals surface area contributed by atoms with Crippen LogP contribution in [-0.2, 0) is 11.3 Å². The van der Waals surface area contributed by atoms with Crippen LogP contribution in [0.1, 0.15) is 16.7 Å². The smallest absolute Gasteiger partial charge is 0.258 e. The lowest BCUT2D eigenvalue weighted by Crippen LogP contribution is -2.28. The lowest BCUT2D eigenvalue weighted by Gasteiger charge is -2.13. The van der Waals surface area contributed by atoms with E-state index in [1.165, 1.54) is 0 Å². The molecule has 2 aromatic rings. The molecule has 23 heavy (non-hydrogen) atoms. The predicted molar refractivity (Wildman–Crippen MR) is 94.0 cm³/mol. The molecule has 0 saturated heterocycles. The number of nitrogens with one attached hydrogen (secondary N) is 1. The van der Waals surface area contributed by atoms with Crippen molar-refractivity contribution < 1.29 is 9.53 Å². The summed E-state index contributed by atoms with van der Waals surface area (Å²) in [5.41, 5.74) is 4.45. The summed E-state index contributed by atoms with van der Waals surface area (Å²) in [5, 5.41) is 2.87. The molecule has 0 aromatic heterocycles. The summed E-state index contributed by atoms with van der Waals surface area (Å²) >= 11 is 0. The fraction of sp³-hybridized carbons (Fsp3) is 0.316. The highest BCUT2D eigenvalue weighted by atomic mass is 16.5. The third kappa shape index (κ3) is 5.33. The van der Waals surface area contributed by atoms with Crippen molar-refractivity contribution in [1.29, 1.82) is 0 Å². The molecule has 4 heteroatoms. The molecule has 4 nitrogen and oxygen atoms in total. The Labute approximate surface area is 138 Å². The summed E-state index contributed by atoms with van der Waals surface area (Å²) in [6.45, 7) is 4.55. The number of amides is 1. The molecular formula is C19H24N2O2. The Kier molecular flexibility index (Phi) is 5.63. The van der Waals surface area contributed by atoms with Gasteiger partial charge in [0, 0.05) is 26.3 Å². The van der Waals surface area contributed by atoms with Crippen molar-refractivity contribution in [2.24, 2.45) is 0 Å². The molecule has 0 unspecified atom stereocenters. The van der Waals surface area contributed by atoms with Gasteiger partial charge >= 0.3 is 0 Å². The molecule has 0 aliphatic heterocycles. The average Bonchev–Trinajstić information content (AvgIpc) is 2.50. The van der Waals surface area contributed by atoms with Gasteiger partial charge in [0.05, 0.1) is 0 Å².